The lowest BCUT2D eigenvalue weighted by Gasteiger charge is -2.45. The van der Waals surface area contributed by atoms with Crippen LogP contribution < -0.4 is 4.72 Å². The fourth-order valence-corrected chi connectivity index (χ4v) is 5.67. The minimum atomic E-state index is -1.13. The van der Waals surface area contributed by atoms with Gasteiger partial charge in [0, 0.05) is 43.1 Å². The van der Waals surface area contributed by atoms with Gasteiger partial charge in [0.1, 0.15) is 10.4 Å². The summed E-state index contributed by atoms with van der Waals surface area (Å²) in [5, 5.41) is 0. The third-order valence-electron chi connectivity index (χ3n) is 5.85. The van der Waals surface area contributed by atoms with E-state index in [4.69, 9.17) is 4.74 Å². The molecule has 3 atom stereocenters. The number of guanidine groups is 1. The number of hydrogen-bond donors (Lipinski definition) is 1. The van der Waals surface area contributed by atoms with Gasteiger partial charge in [-0.1, -0.05) is 0 Å². The Morgan fingerprint density at radius 3 is 2.64 bits per heavy atom. The molecule has 3 aliphatic heterocycles. The molecule has 7 nitrogen and oxygen atoms in total. The normalized spacial score (nSPS) is 28.9. The number of carbonyl (C=O) groups excluding carboxylic acids is 1. The van der Waals surface area contributed by atoms with Gasteiger partial charge in [-0.05, 0) is 63.1 Å². The zero-order valence-corrected chi connectivity index (χ0v) is 20.1. The van der Waals surface area contributed by atoms with Gasteiger partial charge in [0.2, 0.25) is 5.96 Å². The van der Waals surface area contributed by atoms with Crippen LogP contribution in [-0.2, 0) is 20.9 Å². The third kappa shape index (κ3) is 4.15. The molecule has 1 spiro atoms. The molecule has 0 unspecified atom stereocenters. The van der Waals surface area contributed by atoms with E-state index in [2.05, 4.69) is 44.1 Å². The van der Waals surface area contributed by atoms with Gasteiger partial charge < -0.3 is 19.1 Å². The first-order valence-corrected chi connectivity index (χ1v) is 11.8. The minimum Gasteiger partial charge on any atom is -0.598 e. The van der Waals surface area contributed by atoms with Crippen LogP contribution in [0.15, 0.2) is 20.5 Å². The Bertz CT molecular complexity index is 721. The van der Waals surface area contributed by atoms with Crippen molar-refractivity contribution in [3.63, 3.8) is 0 Å². The highest BCUT2D eigenvalue weighted by Gasteiger charge is 2.52. The van der Waals surface area contributed by atoms with Gasteiger partial charge in [-0.15, -0.1) is 4.72 Å². The number of nitrogens with zero attached hydrogens (tertiary/aromatic N) is 3. The van der Waals surface area contributed by atoms with Crippen LogP contribution in [0, 0.1) is 5.41 Å². The van der Waals surface area contributed by atoms with Crippen molar-refractivity contribution in [2.75, 3.05) is 26.7 Å². The van der Waals surface area contributed by atoms with Crippen LogP contribution in [0.3, 0.4) is 0 Å². The molecule has 2 fully saturated rings. The van der Waals surface area contributed by atoms with E-state index in [0.717, 1.165) is 35.5 Å². The summed E-state index contributed by atoms with van der Waals surface area (Å²) in [6, 6.07) is 0.0620. The van der Waals surface area contributed by atoms with Crippen LogP contribution in [0.1, 0.15) is 40.5 Å². The SMILES string of the molecule is C[C@@H]1OCC2(CCN(C3=NC=C(I)C(=C=O)N3C)CC2)[C@@H]1N[S@+]([O-])C(C)(C)C. The molecule has 0 amide bonds. The number of likely N-dealkylation sites (tertiary alicyclic amines) is 1. The number of hydrogen-bond acceptors (Lipinski definition) is 7. The Hall–Kier alpha value is -0.580. The zero-order valence-electron chi connectivity index (χ0n) is 17.1. The van der Waals surface area contributed by atoms with Gasteiger partial charge in [-0.3, -0.25) is 0 Å². The van der Waals surface area contributed by atoms with E-state index in [1.54, 1.807) is 6.20 Å². The van der Waals surface area contributed by atoms with E-state index in [9.17, 15) is 9.35 Å². The maximum atomic E-state index is 12.7. The Kier molecular flexibility index (Phi) is 6.54. The fraction of sp³-hybridized carbons (Fsp3) is 0.737. The summed E-state index contributed by atoms with van der Waals surface area (Å²) < 4.78 is 22.6. The van der Waals surface area contributed by atoms with Gasteiger partial charge >= 0.3 is 0 Å². The molecule has 0 aromatic heterocycles. The van der Waals surface area contributed by atoms with Crippen molar-refractivity contribution in [1.82, 2.24) is 14.5 Å². The first kappa shape index (κ1) is 22.1. The number of piperidine rings is 1. The Morgan fingerprint density at radius 1 is 1.43 bits per heavy atom. The summed E-state index contributed by atoms with van der Waals surface area (Å²) in [6.45, 7) is 10.3. The molecule has 0 radical (unpaired) electrons. The number of nitrogens with one attached hydrogen (secondary N) is 1. The van der Waals surface area contributed by atoms with E-state index >= 15 is 0 Å². The average molecular weight is 520 g/mol. The second kappa shape index (κ2) is 8.28. The van der Waals surface area contributed by atoms with Crippen molar-refractivity contribution < 1.29 is 14.1 Å². The molecule has 0 saturated carbocycles. The number of ether oxygens (including phenoxy) is 1. The maximum absolute atomic E-state index is 12.7. The topological polar surface area (TPSA) is 80.2 Å². The molecule has 1 N–H and O–H groups in total. The van der Waals surface area contributed by atoms with E-state index in [-0.39, 0.29) is 22.3 Å². The summed E-state index contributed by atoms with van der Waals surface area (Å²) >= 11 is 0.969. The lowest BCUT2D eigenvalue weighted by Crippen LogP contribution is -2.58. The van der Waals surface area contributed by atoms with Crippen LogP contribution in [0.5, 0.6) is 0 Å². The smallest absolute Gasteiger partial charge is 0.206 e. The lowest BCUT2D eigenvalue weighted by atomic mass is 9.73. The Morgan fingerprint density at radius 2 is 2.07 bits per heavy atom. The zero-order chi connectivity index (χ0) is 20.7. The predicted octanol–water partition coefficient (Wildman–Crippen LogP) is 2.20. The highest BCUT2D eigenvalue weighted by atomic mass is 127. The molecule has 3 heterocycles. The van der Waals surface area contributed by atoms with Crippen molar-refractivity contribution in [2.24, 2.45) is 10.4 Å². The van der Waals surface area contributed by atoms with Gasteiger partial charge in [0.25, 0.3) is 0 Å². The number of rotatable bonds is 2. The fourth-order valence-electron chi connectivity index (χ4n) is 4.03. The Labute approximate surface area is 184 Å². The average Bonchev–Trinajstić information content (AvgIpc) is 2.92. The van der Waals surface area contributed by atoms with Gasteiger partial charge in [0.15, 0.2) is 5.94 Å². The van der Waals surface area contributed by atoms with Gasteiger partial charge in [0.05, 0.1) is 22.3 Å². The van der Waals surface area contributed by atoms with E-state index in [1.807, 2.05) is 38.7 Å². The molecule has 3 aliphatic rings. The summed E-state index contributed by atoms with van der Waals surface area (Å²) in [5.74, 6) is 2.80. The second-order valence-corrected chi connectivity index (χ2v) is 11.9. The Balaban J connectivity index is 1.72. The lowest BCUT2D eigenvalue weighted by molar-refractivity contribution is 0.0820. The summed E-state index contributed by atoms with van der Waals surface area (Å²) in [5.41, 5.74) is 0.488. The molecule has 3 rings (SSSR count). The molecule has 0 aromatic carbocycles. The highest BCUT2D eigenvalue weighted by Crippen LogP contribution is 2.43. The monoisotopic (exact) mass is 520 g/mol. The van der Waals surface area contributed by atoms with Crippen LogP contribution in [0.4, 0.5) is 0 Å². The van der Waals surface area contributed by atoms with Crippen molar-refractivity contribution in [3.8, 4) is 0 Å². The first-order chi connectivity index (χ1) is 13.1. The van der Waals surface area contributed by atoms with Crippen molar-refractivity contribution in [3.05, 3.63) is 15.5 Å². The molecule has 28 heavy (non-hydrogen) atoms. The third-order valence-corrected chi connectivity index (χ3v) is 8.22. The molecular weight excluding hydrogens is 491 g/mol. The quantitative estimate of drug-likeness (QED) is 0.342. The number of allylic oxidation sites excluding steroid dienone is 1. The molecule has 0 aliphatic carbocycles. The highest BCUT2D eigenvalue weighted by molar-refractivity contribution is 14.1. The second-order valence-electron chi connectivity index (χ2n) is 8.76. The predicted molar refractivity (Wildman–Crippen MR) is 120 cm³/mol. The number of aliphatic imine (C=N–C) groups is 1. The minimum absolute atomic E-state index is 0.0293. The summed E-state index contributed by atoms with van der Waals surface area (Å²) in [4.78, 5) is 19.9. The molecule has 0 bridgehead atoms. The van der Waals surface area contributed by atoms with Crippen LogP contribution >= 0.6 is 22.6 Å². The van der Waals surface area contributed by atoms with Gasteiger partial charge in [-0.2, -0.15) is 0 Å². The van der Waals surface area contributed by atoms with Gasteiger partial charge in [-0.25, -0.2) is 9.79 Å². The van der Waals surface area contributed by atoms with E-state index in [0.29, 0.717) is 12.3 Å². The van der Waals surface area contributed by atoms with Crippen LogP contribution in [-0.4, -0.2) is 69.9 Å². The molecule has 9 heteroatoms. The maximum Gasteiger partial charge on any atom is 0.206 e. The summed E-state index contributed by atoms with van der Waals surface area (Å²) in [6.07, 6.45) is 3.59. The largest absolute Gasteiger partial charge is 0.598 e. The first-order valence-electron chi connectivity index (χ1n) is 9.56. The van der Waals surface area contributed by atoms with Crippen LogP contribution in [0.25, 0.3) is 0 Å². The van der Waals surface area contributed by atoms with E-state index in [1.165, 1.54) is 0 Å². The molecule has 2 saturated heterocycles. The molecule has 0 aromatic rings. The standard InChI is InChI=1S/C19H29IN4O3S/c1-13-16(22-28(26)18(2,3)4)19(12-27-13)6-8-24(9-7-19)17-21-10-14(20)15(11-25)23(17)5/h10,13,16,22H,6-9,12H2,1-5H3/t13-,16+,28+/m0/s1. The van der Waals surface area contributed by atoms with Crippen molar-refractivity contribution >= 4 is 45.9 Å². The van der Waals surface area contributed by atoms with Crippen molar-refractivity contribution in [1.29, 1.82) is 0 Å². The molecular formula is C19H29IN4O3S. The van der Waals surface area contributed by atoms with Crippen LogP contribution in [0.2, 0.25) is 0 Å². The van der Waals surface area contributed by atoms with Crippen molar-refractivity contribution in [2.45, 2.75) is 57.4 Å². The number of halogens is 1. The number of likely N-dealkylation sites (N-methyl/N-ethyl adjacent to an activating group) is 1. The molecule has 156 valence electrons. The summed E-state index contributed by atoms with van der Waals surface area (Å²) in [7, 11) is 1.85. The van der Waals surface area contributed by atoms with E-state index < -0.39 is 11.4 Å².